The summed E-state index contributed by atoms with van der Waals surface area (Å²) in [7, 11) is 0. The molecule has 5 nitrogen and oxygen atoms in total. The lowest BCUT2D eigenvalue weighted by atomic mass is 9.95. The SMILES string of the molecule is Cc1cc(C)cc(C(=O)N2CCCC(C(=O)N3CC4CCC(N)C4C3)C2)c1.Cl. The Hall–Kier alpha value is -1.59. The number of benzene rings is 1. The van der Waals surface area contributed by atoms with Crippen LogP contribution >= 0.6 is 12.4 Å². The third-order valence-electron chi connectivity index (χ3n) is 6.75. The van der Waals surface area contributed by atoms with E-state index in [1.54, 1.807) is 0 Å². The van der Waals surface area contributed by atoms with E-state index in [0.717, 1.165) is 62.0 Å². The van der Waals surface area contributed by atoms with Crippen LogP contribution in [0, 0.1) is 31.6 Å². The molecule has 1 aliphatic carbocycles. The molecule has 1 aromatic carbocycles. The summed E-state index contributed by atoms with van der Waals surface area (Å²) in [6.07, 6.45) is 4.02. The average Bonchev–Trinajstić information content (AvgIpc) is 3.22. The van der Waals surface area contributed by atoms with Gasteiger partial charge in [0.05, 0.1) is 5.92 Å². The monoisotopic (exact) mass is 405 g/mol. The molecule has 0 aromatic heterocycles. The third-order valence-corrected chi connectivity index (χ3v) is 6.75. The van der Waals surface area contributed by atoms with E-state index >= 15 is 0 Å². The highest BCUT2D eigenvalue weighted by molar-refractivity contribution is 5.95. The van der Waals surface area contributed by atoms with Crippen molar-refractivity contribution in [3.63, 3.8) is 0 Å². The van der Waals surface area contributed by atoms with Crippen LogP contribution in [0.3, 0.4) is 0 Å². The molecule has 2 N–H and O–H groups in total. The van der Waals surface area contributed by atoms with Crippen molar-refractivity contribution in [3.8, 4) is 0 Å². The molecule has 3 aliphatic rings. The van der Waals surface area contributed by atoms with Crippen LogP contribution in [-0.4, -0.2) is 53.8 Å². The molecule has 2 heterocycles. The van der Waals surface area contributed by atoms with Crippen molar-refractivity contribution in [2.24, 2.45) is 23.5 Å². The van der Waals surface area contributed by atoms with Gasteiger partial charge < -0.3 is 15.5 Å². The first-order valence-corrected chi connectivity index (χ1v) is 10.3. The molecule has 6 heteroatoms. The molecule has 28 heavy (non-hydrogen) atoms. The van der Waals surface area contributed by atoms with E-state index in [4.69, 9.17) is 5.73 Å². The summed E-state index contributed by atoms with van der Waals surface area (Å²) in [6, 6.07) is 6.23. The summed E-state index contributed by atoms with van der Waals surface area (Å²) in [5.41, 5.74) is 9.16. The maximum absolute atomic E-state index is 13.1. The van der Waals surface area contributed by atoms with E-state index in [0.29, 0.717) is 18.4 Å². The summed E-state index contributed by atoms with van der Waals surface area (Å²) >= 11 is 0. The van der Waals surface area contributed by atoms with Crippen LogP contribution in [0.2, 0.25) is 0 Å². The van der Waals surface area contributed by atoms with E-state index in [2.05, 4.69) is 6.07 Å². The van der Waals surface area contributed by atoms with Gasteiger partial charge >= 0.3 is 0 Å². The van der Waals surface area contributed by atoms with Crippen LogP contribution in [-0.2, 0) is 4.79 Å². The smallest absolute Gasteiger partial charge is 0.253 e. The van der Waals surface area contributed by atoms with Crippen molar-refractivity contribution in [1.29, 1.82) is 0 Å². The summed E-state index contributed by atoms with van der Waals surface area (Å²) < 4.78 is 0. The number of rotatable bonds is 2. The molecule has 4 unspecified atom stereocenters. The summed E-state index contributed by atoms with van der Waals surface area (Å²) in [4.78, 5) is 30.0. The summed E-state index contributed by atoms with van der Waals surface area (Å²) in [6.45, 7) is 6.99. The van der Waals surface area contributed by atoms with Crippen LogP contribution in [0.1, 0.15) is 47.2 Å². The maximum Gasteiger partial charge on any atom is 0.253 e. The van der Waals surface area contributed by atoms with Gasteiger partial charge in [0.15, 0.2) is 0 Å². The van der Waals surface area contributed by atoms with Gasteiger partial charge in [0, 0.05) is 37.8 Å². The van der Waals surface area contributed by atoms with E-state index in [1.807, 2.05) is 35.8 Å². The van der Waals surface area contributed by atoms with Gasteiger partial charge in [-0.1, -0.05) is 17.2 Å². The summed E-state index contributed by atoms with van der Waals surface area (Å²) in [5, 5.41) is 0. The molecule has 4 atom stereocenters. The standard InChI is InChI=1S/C22H31N3O2.ClH/c1-14-8-15(2)10-18(9-14)22(27)24-7-3-4-17(12-24)21(26)25-11-16-5-6-20(23)19(16)13-25;/h8-10,16-17,19-20H,3-7,11-13,23H2,1-2H3;1H. The number of fused-ring (bicyclic) bond motifs is 1. The van der Waals surface area contributed by atoms with Gasteiger partial charge in [-0.3, -0.25) is 9.59 Å². The van der Waals surface area contributed by atoms with Crippen LogP contribution in [0.4, 0.5) is 0 Å². The minimum Gasteiger partial charge on any atom is -0.342 e. The fourth-order valence-electron chi connectivity index (χ4n) is 5.39. The molecule has 0 radical (unpaired) electrons. The number of halogens is 1. The number of carbonyl (C=O) groups excluding carboxylic acids is 2. The largest absolute Gasteiger partial charge is 0.342 e. The number of nitrogens with zero attached hydrogens (tertiary/aromatic N) is 2. The van der Waals surface area contributed by atoms with Gasteiger partial charge in [-0.25, -0.2) is 0 Å². The molecule has 1 aromatic rings. The number of likely N-dealkylation sites (tertiary alicyclic amines) is 2. The topological polar surface area (TPSA) is 66.6 Å². The first kappa shape index (κ1) is 21.1. The molecule has 0 spiro atoms. The highest BCUT2D eigenvalue weighted by Crippen LogP contribution is 2.38. The average molecular weight is 406 g/mol. The Morgan fingerprint density at radius 1 is 0.964 bits per heavy atom. The first-order valence-electron chi connectivity index (χ1n) is 10.3. The lowest BCUT2D eigenvalue weighted by molar-refractivity contribution is -0.136. The molecule has 1 saturated carbocycles. The number of nitrogens with two attached hydrogens (primary N) is 1. The fourth-order valence-corrected chi connectivity index (χ4v) is 5.39. The van der Waals surface area contributed by atoms with Crippen molar-refractivity contribution >= 4 is 24.2 Å². The molecular weight excluding hydrogens is 374 g/mol. The zero-order valence-corrected chi connectivity index (χ0v) is 17.7. The second-order valence-electron chi connectivity index (χ2n) is 8.88. The van der Waals surface area contributed by atoms with Gasteiger partial charge in [0.1, 0.15) is 0 Å². The number of aryl methyl sites for hydroxylation is 2. The normalized spacial score (nSPS) is 29.4. The fraction of sp³-hybridized carbons (Fsp3) is 0.636. The van der Waals surface area contributed by atoms with Gasteiger partial charge in [-0.2, -0.15) is 0 Å². The lowest BCUT2D eigenvalue weighted by Crippen LogP contribution is -2.46. The predicted molar refractivity (Wildman–Crippen MR) is 113 cm³/mol. The number of amides is 2. The zero-order valence-electron chi connectivity index (χ0n) is 16.9. The van der Waals surface area contributed by atoms with E-state index in [9.17, 15) is 9.59 Å². The Morgan fingerprint density at radius 2 is 1.68 bits per heavy atom. The Kier molecular flexibility index (Phi) is 6.35. The number of piperidine rings is 1. The first-order chi connectivity index (χ1) is 12.9. The van der Waals surface area contributed by atoms with Crippen LogP contribution < -0.4 is 5.73 Å². The van der Waals surface area contributed by atoms with Crippen LogP contribution in [0.15, 0.2) is 18.2 Å². The van der Waals surface area contributed by atoms with Gasteiger partial charge in [0.2, 0.25) is 5.91 Å². The van der Waals surface area contributed by atoms with Gasteiger partial charge in [-0.15, -0.1) is 12.4 Å². The lowest BCUT2D eigenvalue weighted by Gasteiger charge is -2.34. The Morgan fingerprint density at radius 3 is 2.36 bits per heavy atom. The molecule has 4 rings (SSSR count). The second kappa shape index (κ2) is 8.42. The maximum atomic E-state index is 13.1. The Balaban J connectivity index is 0.00000225. The minimum absolute atomic E-state index is 0. The highest BCUT2D eigenvalue weighted by atomic mass is 35.5. The highest BCUT2D eigenvalue weighted by Gasteiger charge is 2.44. The number of carbonyl (C=O) groups is 2. The molecule has 2 aliphatic heterocycles. The molecule has 3 fully saturated rings. The molecule has 154 valence electrons. The predicted octanol–water partition coefficient (Wildman–Crippen LogP) is 2.77. The molecular formula is C22H32ClN3O2. The van der Waals surface area contributed by atoms with Crippen molar-refractivity contribution in [1.82, 2.24) is 9.80 Å². The molecule has 2 amide bonds. The Bertz CT molecular complexity index is 733. The minimum atomic E-state index is -0.0661. The Labute approximate surface area is 174 Å². The van der Waals surface area contributed by atoms with Crippen LogP contribution in [0.25, 0.3) is 0 Å². The second-order valence-corrected chi connectivity index (χ2v) is 8.88. The van der Waals surface area contributed by atoms with Crippen molar-refractivity contribution < 1.29 is 9.59 Å². The van der Waals surface area contributed by atoms with Crippen LogP contribution in [0.5, 0.6) is 0 Å². The van der Waals surface area contributed by atoms with Crippen molar-refractivity contribution in [3.05, 3.63) is 34.9 Å². The third kappa shape index (κ3) is 4.06. The molecule has 2 saturated heterocycles. The van der Waals surface area contributed by atoms with Gasteiger partial charge in [-0.05, 0) is 63.5 Å². The number of hydrogen-bond acceptors (Lipinski definition) is 3. The summed E-state index contributed by atoms with van der Waals surface area (Å²) in [5.74, 6) is 1.28. The quantitative estimate of drug-likeness (QED) is 0.822. The van der Waals surface area contributed by atoms with Gasteiger partial charge in [0.25, 0.3) is 5.91 Å². The van der Waals surface area contributed by atoms with E-state index in [-0.39, 0.29) is 36.2 Å². The van der Waals surface area contributed by atoms with E-state index < -0.39 is 0 Å². The van der Waals surface area contributed by atoms with Crippen molar-refractivity contribution in [2.75, 3.05) is 26.2 Å². The van der Waals surface area contributed by atoms with Crippen molar-refractivity contribution in [2.45, 2.75) is 45.6 Å². The zero-order chi connectivity index (χ0) is 19.1. The number of hydrogen-bond donors (Lipinski definition) is 1. The molecule has 0 bridgehead atoms. The van der Waals surface area contributed by atoms with E-state index in [1.165, 1.54) is 0 Å².